The van der Waals surface area contributed by atoms with Crippen LogP contribution in [0.3, 0.4) is 0 Å². The van der Waals surface area contributed by atoms with Crippen LogP contribution in [0.4, 0.5) is 10.5 Å². The highest BCUT2D eigenvalue weighted by atomic mass is 32.2. The highest BCUT2D eigenvalue weighted by molar-refractivity contribution is 7.99. The molecule has 1 saturated heterocycles. The number of hydrogen-bond donors (Lipinski definition) is 2. The Hall–Kier alpha value is -4.12. The van der Waals surface area contributed by atoms with Crippen LogP contribution in [0.25, 0.3) is 27.7 Å². The van der Waals surface area contributed by atoms with Gasteiger partial charge in [0, 0.05) is 60.0 Å². The molecule has 182 valence electrons. The van der Waals surface area contributed by atoms with Crippen LogP contribution in [0.15, 0.2) is 71.2 Å². The maximum atomic E-state index is 11.1. The number of aromatic nitrogens is 6. The summed E-state index contributed by atoms with van der Waals surface area (Å²) in [5, 5.41) is 27.5. The van der Waals surface area contributed by atoms with E-state index in [1.165, 1.54) is 4.90 Å². The van der Waals surface area contributed by atoms with Gasteiger partial charge in [0.1, 0.15) is 0 Å². The summed E-state index contributed by atoms with van der Waals surface area (Å²) in [6.45, 7) is 1.09. The third kappa shape index (κ3) is 4.44. The molecule has 0 atom stereocenters. The maximum Gasteiger partial charge on any atom is 0.407 e. The summed E-state index contributed by atoms with van der Waals surface area (Å²) >= 11 is 1.55. The molecule has 1 aliphatic rings. The van der Waals surface area contributed by atoms with E-state index in [1.807, 2.05) is 60.5 Å². The second-order valence-corrected chi connectivity index (χ2v) is 9.94. The van der Waals surface area contributed by atoms with Crippen molar-refractivity contribution >= 4 is 40.1 Å². The van der Waals surface area contributed by atoms with E-state index in [0.29, 0.717) is 13.1 Å². The van der Waals surface area contributed by atoms with Gasteiger partial charge < -0.3 is 15.3 Å². The molecule has 0 saturated carbocycles. The van der Waals surface area contributed by atoms with Crippen molar-refractivity contribution in [2.45, 2.75) is 28.9 Å². The van der Waals surface area contributed by atoms with Crippen LogP contribution in [0.1, 0.15) is 12.8 Å². The van der Waals surface area contributed by atoms with Crippen LogP contribution in [0.2, 0.25) is 0 Å². The van der Waals surface area contributed by atoms with Crippen molar-refractivity contribution in [1.29, 1.82) is 0 Å². The van der Waals surface area contributed by atoms with Crippen molar-refractivity contribution in [1.82, 2.24) is 34.3 Å². The molecule has 6 rings (SSSR count). The molecule has 1 fully saturated rings. The number of likely N-dealkylation sites (tertiary alicyclic amines) is 1. The van der Waals surface area contributed by atoms with Crippen LogP contribution in [0.5, 0.6) is 0 Å². The average molecular weight is 501 g/mol. The number of anilines is 1. The lowest BCUT2D eigenvalue weighted by atomic mass is 10.1. The molecule has 10 nitrogen and oxygen atoms in total. The van der Waals surface area contributed by atoms with E-state index in [1.54, 1.807) is 16.4 Å². The lowest BCUT2D eigenvalue weighted by molar-refractivity contribution is 0.134. The zero-order chi connectivity index (χ0) is 24.6. The number of amides is 1. The molecular formula is C25H24N8O2S. The lowest BCUT2D eigenvalue weighted by Crippen LogP contribution is -2.41. The Morgan fingerprint density at radius 3 is 2.69 bits per heavy atom. The Morgan fingerprint density at radius 2 is 1.92 bits per heavy atom. The first-order valence-electron chi connectivity index (χ1n) is 11.7. The molecule has 1 amide bonds. The van der Waals surface area contributed by atoms with Gasteiger partial charge in [-0.2, -0.15) is 5.10 Å². The van der Waals surface area contributed by atoms with Gasteiger partial charge >= 0.3 is 6.09 Å². The number of pyridine rings is 2. The van der Waals surface area contributed by atoms with E-state index >= 15 is 0 Å². The number of benzene rings is 1. The maximum absolute atomic E-state index is 11.1. The van der Waals surface area contributed by atoms with Crippen molar-refractivity contribution in [2.24, 2.45) is 7.05 Å². The Kier molecular flexibility index (Phi) is 5.68. The fourth-order valence-corrected chi connectivity index (χ4v) is 5.35. The van der Waals surface area contributed by atoms with E-state index in [9.17, 15) is 4.79 Å². The summed E-state index contributed by atoms with van der Waals surface area (Å²) in [5.74, 6) is 0. The Labute approximate surface area is 211 Å². The number of fused-ring (bicyclic) bond motifs is 2. The van der Waals surface area contributed by atoms with Gasteiger partial charge in [-0.1, -0.05) is 0 Å². The molecule has 0 unspecified atom stereocenters. The van der Waals surface area contributed by atoms with Gasteiger partial charge in [0.15, 0.2) is 10.8 Å². The molecule has 2 N–H and O–H groups in total. The zero-order valence-electron chi connectivity index (χ0n) is 19.6. The Bertz CT molecular complexity index is 1570. The molecule has 0 spiro atoms. The smallest absolute Gasteiger partial charge is 0.407 e. The number of piperidine rings is 1. The second kappa shape index (κ2) is 9.15. The van der Waals surface area contributed by atoms with Crippen molar-refractivity contribution < 1.29 is 9.90 Å². The van der Waals surface area contributed by atoms with Gasteiger partial charge in [0.05, 0.1) is 23.6 Å². The lowest BCUT2D eigenvalue weighted by Gasteiger charge is -2.31. The Balaban J connectivity index is 1.22. The van der Waals surface area contributed by atoms with E-state index in [4.69, 9.17) is 5.11 Å². The summed E-state index contributed by atoms with van der Waals surface area (Å²) < 4.78 is 3.78. The second-order valence-electron chi connectivity index (χ2n) is 8.90. The number of aryl methyl sites for hydroxylation is 1. The number of nitrogens with one attached hydrogen (secondary N) is 1. The monoisotopic (exact) mass is 500 g/mol. The van der Waals surface area contributed by atoms with Crippen LogP contribution < -0.4 is 5.32 Å². The molecule has 1 aliphatic heterocycles. The number of nitrogens with zero attached hydrogens (tertiary/aromatic N) is 7. The van der Waals surface area contributed by atoms with Gasteiger partial charge in [0.2, 0.25) is 0 Å². The standard InChI is InChI=1S/C25H24N8O2S/c1-31-14-18(12-27-31)16-2-5-23-29-30-24(33(23)15-16)36-21-3-4-22-17(11-21)10-20(13-26-22)28-19-6-8-32(9-7-19)25(34)35/h2-5,10-15,19,28H,6-9H2,1H3,(H,34,35). The minimum absolute atomic E-state index is 0.230. The summed E-state index contributed by atoms with van der Waals surface area (Å²) in [6.07, 6.45) is 8.41. The molecule has 1 aromatic carbocycles. The first kappa shape index (κ1) is 22.4. The molecule has 5 heterocycles. The highest BCUT2D eigenvalue weighted by Crippen LogP contribution is 2.31. The van der Waals surface area contributed by atoms with Gasteiger partial charge in [-0.3, -0.25) is 14.1 Å². The molecule has 0 bridgehead atoms. The van der Waals surface area contributed by atoms with Crippen molar-refractivity contribution in [3.63, 3.8) is 0 Å². The molecule has 4 aromatic heterocycles. The van der Waals surface area contributed by atoms with Gasteiger partial charge in [-0.25, -0.2) is 4.79 Å². The van der Waals surface area contributed by atoms with E-state index in [2.05, 4.69) is 37.7 Å². The minimum atomic E-state index is -0.848. The molecular weight excluding hydrogens is 476 g/mol. The SMILES string of the molecule is Cn1cc(-c2ccc3nnc(Sc4ccc5ncc(NC6CCN(C(=O)O)CC6)cc5c4)n3c2)cn1. The Morgan fingerprint density at radius 1 is 1.06 bits per heavy atom. The first-order valence-corrected chi connectivity index (χ1v) is 12.5. The predicted molar refractivity (Wildman–Crippen MR) is 137 cm³/mol. The summed E-state index contributed by atoms with van der Waals surface area (Å²) in [5.41, 5.74) is 4.72. The highest BCUT2D eigenvalue weighted by Gasteiger charge is 2.22. The van der Waals surface area contributed by atoms with Gasteiger partial charge in [-0.15, -0.1) is 10.2 Å². The number of rotatable bonds is 5. The average Bonchev–Trinajstić information content (AvgIpc) is 3.50. The van der Waals surface area contributed by atoms with Crippen LogP contribution in [0, 0.1) is 0 Å². The molecule has 0 radical (unpaired) electrons. The van der Waals surface area contributed by atoms with Gasteiger partial charge in [0.25, 0.3) is 0 Å². The van der Waals surface area contributed by atoms with E-state index in [-0.39, 0.29) is 6.04 Å². The molecule has 5 aromatic rings. The predicted octanol–water partition coefficient (Wildman–Crippen LogP) is 4.38. The molecule has 36 heavy (non-hydrogen) atoms. The quantitative estimate of drug-likeness (QED) is 0.365. The number of carbonyl (C=O) groups is 1. The van der Waals surface area contributed by atoms with Gasteiger partial charge in [-0.05, 0) is 61.0 Å². The largest absolute Gasteiger partial charge is 0.465 e. The van der Waals surface area contributed by atoms with Crippen molar-refractivity contribution in [2.75, 3.05) is 18.4 Å². The van der Waals surface area contributed by atoms with Crippen molar-refractivity contribution in [3.8, 4) is 11.1 Å². The first-order chi connectivity index (χ1) is 17.5. The van der Waals surface area contributed by atoms with Crippen LogP contribution >= 0.6 is 11.8 Å². The van der Waals surface area contributed by atoms with Crippen LogP contribution in [-0.4, -0.2) is 64.6 Å². The summed E-state index contributed by atoms with van der Waals surface area (Å²) in [7, 11) is 1.90. The summed E-state index contributed by atoms with van der Waals surface area (Å²) in [6, 6.07) is 12.5. The number of hydrogen-bond acceptors (Lipinski definition) is 7. The third-order valence-electron chi connectivity index (χ3n) is 6.41. The van der Waals surface area contributed by atoms with Crippen molar-refractivity contribution in [3.05, 3.63) is 61.2 Å². The van der Waals surface area contributed by atoms with E-state index < -0.39 is 6.09 Å². The van der Waals surface area contributed by atoms with Crippen LogP contribution in [-0.2, 0) is 7.05 Å². The summed E-state index contributed by atoms with van der Waals surface area (Å²) in [4.78, 5) is 18.3. The number of carboxylic acid groups (broad SMARTS) is 1. The fraction of sp³-hybridized carbons (Fsp3) is 0.240. The molecule has 11 heteroatoms. The third-order valence-corrected chi connectivity index (χ3v) is 7.36. The molecule has 0 aliphatic carbocycles. The minimum Gasteiger partial charge on any atom is -0.465 e. The fourth-order valence-electron chi connectivity index (χ4n) is 4.49. The topological polar surface area (TPSA) is 113 Å². The zero-order valence-corrected chi connectivity index (χ0v) is 20.4. The van der Waals surface area contributed by atoms with E-state index in [0.717, 1.165) is 56.3 Å². The normalized spacial score (nSPS) is 14.5.